The molecule has 33 heavy (non-hydrogen) atoms. The van der Waals surface area contributed by atoms with Gasteiger partial charge in [-0.2, -0.15) is 8.78 Å². The summed E-state index contributed by atoms with van der Waals surface area (Å²) in [4.78, 5) is 0. The van der Waals surface area contributed by atoms with Crippen LogP contribution in [0.4, 0.5) is 14.5 Å². The first-order valence-electron chi connectivity index (χ1n) is 10.5. The van der Waals surface area contributed by atoms with Gasteiger partial charge in [0.2, 0.25) is 0 Å². The van der Waals surface area contributed by atoms with Gasteiger partial charge in [-0.1, -0.05) is 60.1 Å². The third kappa shape index (κ3) is 4.00. The van der Waals surface area contributed by atoms with Crippen molar-refractivity contribution in [3.8, 4) is 33.8 Å². The highest BCUT2D eigenvalue weighted by atomic mass is 35.5. The first-order chi connectivity index (χ1) is 16.0. The molecule has 166 valence electrons. The summed E-state index contributed by atoms with van der Waals surface area (Å²) < 4.78 is 37.5. The summed E-state index contributed by atoms with van der Waals surface area (Å²) in [6.45, 7) is -2.94. The molecule has 1 aliphatic rings. The standard InChI is InChI=1S/C27H20ClF2NO2/c1-31-22-9-3-2-8-19(22)16-12-13-20-21(15-16)26(17-6-4-7-18(28)14-17)32-23-10-5-11-24(25(20)23)33-27(29)30/h2-15,26-27,31H,1H3. The van der Waals surface area contributed by atoms with Crippen LogP contribution >= 0.6 is 11.6 Å². The number of halogens is 3. The van der Waals surface area contributed by atoms with Crippen LogP contribution in [0, 0.1) is 0 Å². The zero-order chi connectivity index (χ0) is 22.9. The molecule has 0 spiro atoms. The van der Waals surface area contributed by atoms with Crippen LogP contribution in [0.3, 0.4) is 0 Å². The third-order valence-electron chi connectivity index (χ3n) is 5.71. The molecule has 0 saturated carbocycles. The lowest BCUT2D eigenvalue weighted by molar-refractivity contribution is -0.0496. The molecular weight excluding hydrogens is 444 g/mol. The van der Waals surface area contributed by atoms with Gasteiger partial charge in [0, 0.05) is 28.9 Å². The van der Waals surface area contributed by atoms with Crippen LogP contribution < -0.4 is 14.8 Å². The van der Waals surface area contributed by atoms with Gasteiger partial charge in [0.1, 0.15) is 17.6 Å². The van der Waals surface area contributed by atoms with Crippen molar-refractivity contribution < 1.29 is 18.3 Å². The van der Waals surface area contributed by atoms with Crippen molar-refractivity contribution in [1.29, 1.82) is 0 Å². The normalized spacial score (nSPS) is 14.3. The van der Waals surface area contributed by atoms with Crippen molar-refractivity contribution in [3.63, 3.8) is 0 Å². The summed E-state index contributed by atoms with van der Waals surface area (Å²) in [7, 11) is 1.87. The second-order valence-electron chi connectivity index (χ2n) is 7.66. The minimum atomic E-state index is -2.94. The number of para-hydroxylation sites is 1. The summed E-state index contributed by atoms with van der Waals surface area (Å²) in [6.07, 6.45) is -0.463. The van der Waals surface area contributed by atoms with E-state index in [0.29, 0.717) is 16.3 Å². The number of ether oxygens (including phenoxy) is 2. The molecular formula is C27H20ClF2NO2. The fraction of sp³-hybridized carbons (Fsp3) is 0.111. The van der Waals surface area contributed by atoms with E-state index >= 15 is 0 Å². The monoisotopic (exact) mass is 463 g/mol. The van der Waals surface area contributed by atoms with E-state index in [1.807, 2.05) is 67.7 Å². The number of rotatable bonds is 5. The maximum atomic E-state index is 13.1. The fourth-order valence-electron chi connectivity index (χ4n) is 4.30. The van der Waals surface area contributed by atoms with Crippen molar-refractivity contribution in [3.05, 3.63) is 101 Å². The Balaban J connectivity index is 1.73. The van der Waals surface area contributed by atoms with Crippen LogP contribution in [0.5, 0.6) is 11.5 Å². The molecule has 4 aromatic carbocycles. The average molecular weight is 464 g/mol. The Kier molecular flexibility index (Phi) is 5.65. The quantitative estimate of drug-likeness (QED) is 0.327. The van der Waals surface area contributed by atoms with Crippen LogP contribution in [0.25, 0.3) is 22.3 Å². The number of hydrogen-bond donors (Lipinski definition) is 1. The summed E-state index contributed by atoms with van der Waals surface area (Å²) in [5.74, 6) is 0.561. The Morgan fingerprint density at radius 1 is 0.909 bits per heavy atom. The van der Waals surface area contributed by atoms with Crippen molar-refractivity contribution in [2.24, 2.45) is 0 Å². The van der Waals surface area contributed by atoms with E-state index in [9.17, 15) is 8.78 Å². The minimum absolute atomic E-state index is 0.0802. The zero-order valence-electron chi connectivity index (χ0n) is 17.7. The molecule has 5 rings (SSSR count). The van der Waals surface area contributed by atoms with E-state index in [-0.39, 0.29) is 5.75 Å². The maximum absolute atomic E-state index is 13.1. The largest absolute Gasteiger partial charge is 0.480 e. The molecule has 1 unspecified atom stereocenters. The lowest BCUT2D eigenvalue weighted by Crippen LogP contribution is -2.17. The van der Waals surface area contributed by atoms with Gasteiger partial charge in [0.15, 0.2) is 0 Å². The summed E-state index contributed by atoms with van der Waals surface area (Å²) in [5, 5.41) is 3.81. The Hall–Kier alpha value is -3.57. The lowest BCUT2D eigenvalue weighted by atomic mass is 9.86. The smallest absolute Gasteiger partial charge is 0.387 e. The van der Waals surface area contributed by atoms with Gasteiger partial charge >= 0.3 is 6.61 Å². The molecule has 3 nitrogen and oxygen atoms in total. The topological polar surface area (TPSA) is 30.5 Å². The Morgan fingerprint density at radius 2 is 1.73 bits per heavy atom. The van der Waals surface area contributed by atoms with Crippen LogP contribution in [0.1, 0.15) is 17.2 Å². The number of hydrogen-bond acceptors (Lipinski definition) is 3. The van der Waals surface area contributed by atoms with Gasteiger partial charge < -0.3 is 14.8 Å². The van der Waals surface area contributed by atoms with E-state index < -0.39 is 12.7 Å². The van der Waals surface area contributed by atoms with E-state index in [4.69, 9.17) is 21.1 Å². The molecule has 4 aromatic rings. The predicted molar refractivity (Wildman–Crippen MR) is 127 cm³/mol. The minimum Gasteiger partial charge on any atom is -0.480 e. The molecule has 0 aromatic heterocycles. The highest BCUT2D eigenvalue weighted by Gasteiger charge is 2.31. The van der Waals surface area contributed by atoms with Crippen LogP contribution in [-0.4, -0.2) is 13.7 Å². The molecule has 0 bridgehead atoms. The van der Waals surface area contributed by atoms with Gasteiger partial charge in [0.05, 0.1) is 5.56 Å². The predicted octanol–water partition coefficient (Wildman–Crippen LogP) is 7.80. The highest BCUT2D eigenvalue weighted by Crippen LogP contribution is 2.50. The molecule has 1 N–H and O–H groups in total. The Labute approximate surface area is 195 Å². The van der Waals surface area contributed by atoms with Gasteiger partial charge in [0.25, 0.3) is 0 Å². The first kappa shape index (κ1) is 21.3. The zero-order valence-corrected chi connectivity index (χ0v) is 18.4. The molecule has 1 aliphatic heterocycles. The van der Waals surface area contributed by atoms with Crippen molar-refractivity contribution in [2.45, 2.75) is 12.7 Å². The molecule has 0 saturated heterocycles. The van der Waals surface area contributed by atoms with E-state index in [1.54, 1.807) is 18.2 Å². The maximum Gasteiger partial charge on any atom is 0.387 e. The third-order valence-corrected chi connectivity index (χ3v) is 5.95. The van der Waals surface area contributed by atoms with Gasteiger partial charge in [-0.3, -0.25) is 0 Å². The van der Waals surface area contributed by atoms with Crippen LogP contribution in [-0.2, 0) is 0 Å². The summed E-state index contributed by atoms with van der Waals surface area (Å²) in [6, 6.07) is 26.4. The summed E-state index contributed by atoms with van der Waals surface area (Å²) in [5.41, 5.74) is 5.99. The van der Waals surface area contributed by atoms with Crippen LogP contribution in [0.2, 0.25) is 5.02 Å². The second kappa shape index (κ2) is 8.75. The SMILES string of the molecule is CNc1ccccc1-c1ccc2c(c1)C(c1cccc(Cl)c1)Oc1cccc(OC(F)F)c1-2. The Morgan fingerprint density at radius 3 is 2.52 bits per heavy atom. The first-order valence-corrected chi connectivity index (χ1v) is 10.8. The number of anilines is 1. The molecule has 1 heterocycles. The molecule has 6 heteroatoms. The Bertz CT molecular complexity index is 1330. The van der Waals surface area contributed by atoms with Crippen LogP contribution in [0.15, 0.2) is 84.9 Å². The molecule has 1 atom stereocenters. The van der Waals surface area contributed by atoms with E-state index in [1.165, 1.54) is 6.07 Å². The van der Waals surface area contributed by atoms with Crippen molar-refractivity contribution in [2.75, 3.05) is 12.4 Å². The number of alkyl halides is 2. The lowest BCUT2D eigenvalue weighted by Gasteiger charge is -2.31. The van der Waals surface area contributed by atoms with Gasteiger partial charge in [-0.15, -0.1) is 0 Å². The molecule has 0 amide bonds. The van der Waals surface area contributed by atoms with Crippen molar-refractivity contribution >= 4 is 17.3 Å². The fourth-order valence-corrected chi connectivity index (χ4v) is 4.50. The summed E-state index contributed by atoms with van der Waals surface area (Å²) >= 11 is 6.27. The highest BCUT2D eigenvalue weighted by molar-refractivity contribution is 6.30. The van der Waals surface area contributed by atoms with E-state index in [0.717, 1.165) is 33.5 Å². The van der Waals surface area contributed by atoms with E-state index in [2.05, 4.69) is 5.32 Å². The molecule has 0 aliphatic carbocycles. The molecule has 0 fully saturated rings. The van der Waals surface area contributed by atoms with Crippen molar-refractivity contribution in [1.82, 2.24) is 0 Å². The number of nitrogens with one attached hydrogen (secondary N) is 1. The van der Waals surface area contributed by atoms with Gasteiger partial charge in [-0.05, 0) is 53.1 Å². The number of benzene rings is 4. The second-order valence-corrected chi connectivity index (χ2v) is 8.09. The molecule has 0 radical (unpaired) electrons. The average Bonchev–Trinajstić information content (AvgIpc) is 2.82. The number of fused-ring (bicyclic) bond motifs is 3. The van der Waals surface area contributed by atoms with Gasteiger partial charge in [-0.25, -0.2) is 0 Å².